The summed E-state index contributed by atoms with van der Waals surface area (Å²) in [6.07, 6.45) is 3.31. The molecule has 3 rings (SSSR count). The van der Waals surface area contributed by atoms with E-state index in [1.807, 2.05) is 42.5 Å². The maximum Gasteiger partial charge on any atom is 0.262 e. The number of aromatic nitrogens is 2. The third-order valence-electron chi connectivity index (χ3n) is 4.68. The van der Waals surface area contributed by atoms with Crippen LogP contribution in [0.15, 0.2) is 60.3 Å². The van der Waals surface area contributed by atoms with Crippen molar-refractivity contribution in [3.8, 4) is 34.5 Å². The molecule has 0 aliphatic rings. The van der Waals surface area contributed by atoms with Crippen LogP contribution in [-0.4, -0.2) is 50.2 Å². The largest absolute Gasteiger partial charge is 0.493 e. The summed E-state index contributed by atoms with van der Waals surface area (Å²) in [5.41, 5.74) is 2.76. The molecule has 1 aromatic heterocycles. The number of rotatable bonds is 9. The molecule has 0 aliphatic carbocycles. The zero-order valence-electron chi connectivity index (χ0n) is 18.2. The highest BCUT2D eigenvalue weighted by Gasteiger charge is 2.16. The smallest absolute Gasteiger partial charge is 0.262 e. The van der Waals surface area contributed by atoms with Gasteiger partial charge in [0.25, 0.3) is 5.91 Å². The fourth-order valence-corrected chi connectivity index (χ4v) is 3.08. The first kappa shape index (κ1) is 22.6. The molecule has 0 spiro atoms. The van der Waals surface area contributed by atoms with Crippen LogP contribution in [0.3, 0.4) is 0 Å². The summed E-state index contributed by atoms with van der Waals surface area (Å²) in [6.45, 7) is 0.660. The Kier molecular flexibility index (Phi) is 7.62. The van der Waals surface area contributed by atoms with Crippen LogP contribution >= 0.6 is 0 Å². The normalized spacial score (nSPS) is 11.0. The Labute approximate surface area is 186 Å². The number of amides is 1. The minimum absolute atomic E-state index is 0.0320. The van der Waals surface area contributed by atoms with Gasteiger partial charge in [0, 0.05) is 31.0 Å². The maximum absolute atomic E-state index is 12.4. The molecule has 2 aromatic carbocycles. The molecule has 164 valence electrons. The van der Waals surface area contributed by atoms with Gasteiger partial charge in [0.05, 0.1) is 26.5 Å². The molecule has 0 saturated carbocycles. The number of carbonyl (C=O) groups excluding carboxylic acids is 1. The topological polar surface area (TPSA) is 98.4 Å². The van der Waals surface area contributed by atoms with Crippen molar-refractivity contribution in [1.29, 1.82) is 5.26 Å². The van der Waals surface area contributed by atoms with Gasteiger partial charge in [-0.15, -0.1) is 0 Å². The number of nitrogens with one attached hydrogen (secondary N) is 1. The molecule has 0 bridgehead atoms. The van der Waals surface area contributed by atoms with Crippen LogP contribution < -0.4 is 14.8 Å². The molecule has 0 atom stereocenters. The van der Waals surface area contributed by atoms with Crippen molar-refractivity contribution in [2.75, 3.05) is 34.5 Å². The van der Waals surface area contributed by atoms with Gasteiger partial charge in [-0.25, -0.2) is 4.68 Å². The highest BCUT2D eigenvalue weighted by atomic mass is 16.5. The SMILES string of the molecule is COCCNC(=O)/C(C#N)=C/c1cn(-c2ccccc2)nc1-c1ccc(OC)c(OC)c1. The number of methoxy groups -OCH3 is 3. The third kappa shape index (κ3) is 5.14. The van der Waals surface area contributed by atoms with Gasteiger partial charge in [-0.05, 0) is 36.4 Å². The summed E-state index contributed by atoms with van der Waals surface area (Å²) in [4.78, 5) is 12.4. The van der Waals surface area contributed by atoms with Gasteiger partial charge in [0.15, 0.2) is 11.5 Å². The zero-order valence-corrected chi connectivity index (χ0v) is 18.2. The molecule has 0 radical (unpaired) electrons. The van der Waals surface area contributed by atoms with Crippen LogP contribution in [0.4, 0.5) is 0 Å². The summed E-state index contributed by atoms with van der Waals surface area (Å²) in [5.74, 6) is 0.661. The molecule has 8 heteroatoms. The van der Waals surface area contributed by atoms with Gasteiger partial charge in [-0.3, -0.25) is 4.79 Å². The summed E-state index contributed by atoms with van der Waals surface area (Å²) < 4.78 is 17.4. The molecular weight excluding hydrogens is 408 g/mol. The Morgan fingerprint density at radius 1 is 1.12 bits per heavy atom. The van der Waals surface area contributed by atoms with E-state index in [-0.39, 0.29) is 5.57 Å². The molecule has 0 aliphatic heterocycles. The van der Waals surface area contributed by atoms with Gasteiger partial charge in [-0.1, -0.05) is 18.2 Å². The second-order valence-electron chi connectivity index (χ2n) is 6.70. The first-order valence-electron chi connectivity index (χ1n) is 9.87. The Balaban J connectivity index is 2.09. The quantitative estimate of drug-likeness (QED) is 0.317. The molecular formula is C24H24N4O4. The fraction of sp³-hybridized carbons (Fsp3) is 0.208. The van der Waals surface area contributed by atoms with E-state index >= 15 is 0 Å². The number of benzene rings is 2. The molecule has 0 unspecified atom stereocenters. The van der Waals surface area contributed by atoms with Crippen molar-refractivity contribution in [2.24, 2.45) is 0 Å². The average molecular weight is 432 g/mol. The number of nitrogens with zero attached hydrogens (tertiary/aromatic N) is 3. The monoisotopic (exact) mass is 432 g/mol. The van der Waals surface area contributed by atoms with Crippen LogP contribution in [0.25, 0.3) is 23.0 Å². The van der Waals surface area contributed by atoms with Crippen molar-refractivity contribution < 1.29 is 19.0 Å². The van der Waals surface area contributed by atoms with E-state index in [9.17, 15) is 10.1 Å². The molecule has 0 fully saturated rings. The predicted octanol–water partition coefficient (Wildman–Crippen LogP) is 3.23. The van der Waals surface area contributed by atoms with Crippen molar-refractivity contribution >= 4 is 12.0 Å². The lowest BCUT2D eigenvalue weighted by molar-refractivity contribution is -0.117. The van der Waals surface area contributed by atoms with Gasteiger partial charge < -0.3 is 19.5 Å². The minimum atomic E-state index is -0.477. The highest BCUT2D eigenvalue weighted by molar-refractivity contribution is 6.02. The summed E-state index contributed by atoms with van der Waals surface area (Å²) in [5, 5.41) is 17.0. The van der Waals surface area contributed by atoms with E-state index < -0.39 is 5.91 Å². The van der Waals surface area contributed by atoms with Crippen molar-refractivity contribution in [3.63, 3.8) is 0 Å². The van der Waals surface area contributed by atoms with Crippen LogP contribution in [0.5, 0.6) is 11.5 Å². The predicted molar refractivity (Wildman–Crippen MR) is 121 cm³/mol. The van der Waals surface area contributed by atoms with E-state index in [2.05, 4.69) is 5.32 Å². The van der Waals surface area contributed by atoms with Gasteiger partial charge in [-0.2, -0.15) is 10.4 Å². The minimum Gasteiger partial charge on any atom is -0.493 e. The van der Waals surface area contributed by atoms with E-state index in [1.54, 1.807) is 44.3 Å². The molecule has 8 nitrogen and oxygen atoms in total. The van der Waals surface area contributed by atoms with Crippen molar-refractivity contribution in [3.05, 3.63) is 65.9 Å². The second-order valence-corrected chi connectivity index (χ2v) is 6.70. The number of carbonyl (C=O) groups is 1. The Bertz CT molecular complexity index is 1150. The van der Waals surface area contributed by atoms with Crippen LogP contribution in [0, 0.1) is 11.3 Å². The van der Waals surface area contributed by atoms with Gasteiger partial charge in [0.2, 0.25) is 0 Å². The van der Waals surface area contributed by atoms with E-state index in [0.717, 1.165) is 11.3 Å². The van der Waals surface area contributed by atoms with Crippen LogP contribution in [-0.2, 0) is 9.53 Å². The summed E-state index contributed by atoms with van der Waals surface area (Å²) in [7, 11) is 4.67. The first-order valence-corrected chi connectivity index (χ1v) is 9.87. The highest BCUT2D eigenvalue weighted by Crippen LogP contribution is 2.34. The van der Waals surface area contributed by atoms with E-state index in [4.69, 9.17) is 19.3 Å². The van der Waals surface area contributed by atoms with E-state index in [1.165, 1.54) is 6.08 Å². The van der Waals surface area contributed by atoms with Crippen LogP contribution in [0.1, 0.15) is 5.56 Å². The average Bonchev–Trinajstić information content (AvgIpc) is 3.26. The van der Waals surface area contributed by atoms with Crippen molar-refractivity contribution in [1.82, 2.24) is 15.1 Å². The first-order chi connectivity index (χ1) is 15.6. The number of hydrogen-bond acceptors (Lipinski definition) is 6. The number of nitriles is 1. The summed E-state index contributed by atoms with van der Waals surface area (Å²) in [6, 6.07) is 17.0. The molecule has 1 N–H and O–H groups in total. The second kappa shape index (κ2) is 10.8. The van der Waals surface area contributed by atoms with Crippen molar-refractivity contribution in [2.45, 2.75) is 0 Å². The maximum atomic E-state index is 12.4. The molecule has 1 heterocycles. The van der Waals surface area contributed by atoms with Crippen LogP contribution in [0.2, 0.25) is 0 Å². The number of ether oxygens (including phenoxy) is 3. The standard InChI is InChI=1S/C24H24N4O4/c1-30-12-11-26-24(29)18(15-25)13-19-16-28(20-7-5-4-6-8-20)27-23(19)17-9-10-21(31-2)22(14-17)32-3/h4-10,13-14,16H,11-12H2,1-3H3,(H,26,29)/b18-13+. The van der Waals surface area contributed by atoms with Gasteiger partial charge in [0.1, 0.15) is 17.3 Å². The Hall–Kier alpha value is -4.09. The molecule has 0 saturated heterocycles. The molecule has 32 heavy (non-hydrogen) atoms. The molecule has 3 aromatic rings. The number of para-hydroxylation sites is 1. The molecule has 1 amide bonds. The third-order valence-corrected chi connectivity index (χ3v) is 4.68. The van der Waals surface area contributed by atoms with E-state index in [0.29, 0.717) is 35.9 Å². The Morgan fingerprint density at radius 3 is 2.53 bits per heavy atom. The lowest BCUT2D eigenvalue weighted by Gasteiger charge is -2.09. The Morgan fingerprint density at radius 2 is 1.88 bits per heavy atom. The lowest BCUT2D eigenvalue weighted by Crippen LogP contribution is -2.27. The number of hydrogen-bond donors (Lipinski definition) is 1. The zero-order chi connectivity index (χ0) is 22.9. The lowest BCUT2D eigenvalue weighted by atomic mass is 10.1. The fourth-order valence-electron chi connectivity index (χ4n) is 3.08. The summed E-state index contributed by atoms with van der Waals surface area (Å²) >= 11 is 0. The van der Waals surface area contributed by atoms with Gasteiger partial charge >= 0.3 is 0 Å².